The van der Waals surface area contributed by atoms with Crippen LogP contribution in [0.25, 0.3) is 6.08 Å². The molecule has 2 aliphatic rings. The Balaban J connectivity index is 1.65. The zero-order valence-electron chi connectivity index (χ0n) is 19.8. The molecule has 0 saturated carbocycles. The van der Waals surface area contributed by atoms with Crippen LogP contribution in [0, 0.1) is 6.92 Å². The molecule has 0 bridgehead atoms. The number of hydrogen-bond donors (Lipinski definition) is 0. The Morgan fingerprint density at radius 2 is 1.58 bits per heavy atom. The van der Waals surface area contributed by atoms with Crippen LogP contribution in [0.3, 0.4) is 0 Å². The van der Waals surface area contributed by atoms with Gasteiger partial charge in [0.05, 0.1) is 11.4 Å². The van der Waals surface area contributed by atoms with Gasteiger partial charge in [-0.3, -0.25) is 0 Å². The summed E-state index contributed by atoms with van der Waals surface area (Å²) in [4.78, 5) is 11.9. The SMILES string of the molecule is Cc1ccc(S(=O)(=O)N(Cc2ccccc2)C2=CC(=Cc3ccccc3)C3=C(CCC3=C=O)O2)cc1. The fourth-order valence-corrected chi connectivity index (χ4v) is 5.77. The lowest BCUT2D eigenvalue weighted by atomic mass is 9.97. The topological polar surface area (TPSA) is 63.7 Å². The van der Waals surface area contributed by atoms with Crippen molar-refractivity contribution in [3.63, 3.8) is 0 Å². The van der Waals surface area contributed by atoms with Gasteiger partial charge in [0.2, 0.25) is 5.88 Å². The molecule has 3 aromatic carbocycles. The highest BCUT2D eigenvalue weighted by Crippen LogP contribution is 2.42. The van der Waals surface area contributed by atoms with Crippen molar-refractivity contribution in [1.82, 2.24) is 4.31 Å². The van der Waals surface area contributed by atoms with Crippen molar-refractivity contribution < 1.29 is 17.9 Å². The molecule has 5 rings (SSSR count). The van der Waals surface area contributed by atoms with E-state index in [1.807, 2.05) is 73.7 Å². The summed E-state index contributed by atoms with van der Waals surface area (Å²) in [6.45, 7) is 2.01. The van der Waals surface area contributed by atoms with Crippen LogP contribution >= 0.6 is 0 Å². The third-order valence-corrected chi connectivity index (χ3v) is 8.00. The standard InChI is InChI=1S/C30H25NO4S/c1-22-12-15-27(16-13-22)36(33,34)31(20-24-10-6-3-7-11-24)29-19-26(18-23-8-4-2-5-9-23)30-25(21-32)14-17-28(30)35-29/h2-13,15-16,18-19H,14,17,20H2,1H3. The number of aryl methyl sites for hydroxylation is 1. The number of benzene rings is 3. The zero-order valence-corrected chi connectivity index (χ0v) is 20.7. The van der Waals surface area contributed by atoms with E-state index in [9.17, 15) is 13.2 Å². The molecular weight excluding hydrogens is 470 g/mol. The number of allylic oxidation sites excluding steroid dienone is 5. The Hall–Kier alpha value is -4.12. The number of rotatable bonds is 6. The summed E-state index contributed by atoms with van der Waals surface area (Å²) in [5.74, 6) is 2.84. The molecule has 180 valence electrons. The van der Waals surface area contributed by atoms with Gasteiger partial charge in [-0.25, -0.2) is 17.5 Å². The first-order valence-electron chi connectivity index (χ1n) is 11.7. The predicted molar refractivity (Wildman–Crippen MR) is 139 cm³/mol. The van der Waals surface area contributed by atoms with E-state index in [0.717, 1.165) is 22.3 Å². The second-order valence-electron chi connectivity index (χ2n) is 8.78. The largest absolute Gasteiger partial charge is 0.444 e. The predicted octanol–water partition coefficient (Wildman–Crippen LogP) is 5.95. The molecule has 0 atom stereocenters. The highest BCUT2D eigenvalue weighted by Gasteiger charge is 2.35. The number of carbonyl (C=O) groups excluding carboxylic acids is 1. The van der Waals surface area contributed by atoms with Crippen molar-refractivity contribution in [2.75, 3.05) is 0 Å². The van der Waals surface area contributed by atoms with Crippen molar-refractivity contribution in [1.29, 1.82) is 0 Å². The van der Waals surface area contributed by atoms with Crippen LogP contribution in [0.4, 0.5) is 0 Å². The summed E-state index contributed by atoms with van der Waals surface area (Å²) in [5.41, 5.74) is 4.70. The Bertz CT molecular complexity index is 1530. The minimum Gasteiger partial charge on any atom is -0.444 e. The van der Waals surface area contributed by atoms with Gasteiger partial charge in [-0.15, -0.1) is 0 Å². The molecule has 0 aromatic heterocycles. The van der Waals surface area contributed by atoms with Crippen molar-refractivity contribution in [3.8, 4) is 0 Å². The van der Waals surface area contributed by atoms with Crippen molar-refractivity contribution in [2.24, 2.45) is 0 Å². The molecule has 1 aliphatic heterocycles. The van der Waals surface area contributed by atoms with Gasteiger partial charge in [0.15, 0.2) is 0 Å². The molecule has 0 saturated heterocycles. The third-order valence-electron chi connectivity index (χ3n) is 6.25. The molecule has 5 nitrogen and oxygen atoms in total. The maximum Gasteiger partial charge on any atom is 0.266 e. The number of hydrogen-bond acceptors (Lipinski definition) is 4. The van der Waals surface area contributed by atoms with Gasteiger partial charge in [0.1, 0.15) is 11.7 Å². The Morgan fingerprint density at radius 3 is 2.25 bits per heavy atom. The molecule has 6 heteroatoms. The average molecular weight is 496 g/mol. The van der Waals surface area contributed by atoms with Crippen LogP contribution in [0.2, 0.25) is 0 Å². The zero-order chi connectivity index (χ0) is 25.1. The van der Waals surface area contributed by atoms with Crippen LogP contribution in [-0.2, 0) is 26.1 Å². The monoisotopic (exact) mass is 495 g/mol. The molecule has 0 N–H and O–H groups in total. The molecule has 0 unspecified atom stereocenters. The minimum atomic E-state index is -3.95. The van der Waals surface area contributed by atoms with Gasteiger partial charge in [-0.2, -0.15) is 0 Å². The summed E-state index contributed by atoms with van der Waals surface area (Å²) in [7, 11) is -3.95. The maximum atomic E-state index is 13.9. The van der Waals surface area contributed by atoms with Crippen molar-refractivity contribution in [2.45, 2.75) is 31.2 Å². The van der Waals surface area contributed by atoms with Gasteiger partial charge in [0, 0.05) is 23.6 Å². The summed E-state index contributed by atoms with van der Waals surface area (Å²) < 4.78 is 35.4. The van der Waals surface area contributed by atoms with Gasteiger partial charge < -0.3 is 4.74 Å². The molecule has 36 heavy (non-hydrogen) atoms. The first-order chi connectivity index (χ1) is 17.5. The van der Waals surface area contributed by atoms with Gasteiger partial charge in [-0.05, 0) is 48.3 Å². The fourth-order valence-electron chi connectivity index (χ4n) is 4.39. The molecule has 0 radical (unpaired) electrons. The van der Waals surface area contributed by atoms with E-state index in [4.69, 9.17) is 4.74 Å². The summed E-state index contributed by atoms with van der Waals surface area (Å²) in [5, 5.41) is 0. The third kappa shape index (κ3) is 4.69. The van der Waals surface area contributed by atoms with Crippen LogP contribution in [0.1, 0.15) is 29.5 Å². The van der Waals surface area contributed by atoms with Gasteiger partial charge in [-0.1, -0.05) is 78.4 Å². The number of sulfonamides is 1. The first kappa shape index (κ1) is 23.6. The lowest BCUT2D eigenvalue weighted by molar-refractivity contribution is 0.206. The number of ether oxygens (including phenoxy) is 1. The van der Waals surface area contributed by atoms with E-state index < -0.39 is 10.0 Å². The fraction of sp³-hybridized carbons (Fsp3) is 0.133. The van der Waals surface area contributed by atoms with E-state index in [2.05, 4.69) is 5.94 Å². The minimum absolute atomic E-state index is 0.0977. The quantitative estimate of drug-likeness (QED) is 0.397. The molecule has 0 amide bonds. The highest BCUT2D eigenvalue weighted by molar-refractivity contribution is 7.89. The van der Waals surface area contributed by atoms with Crippen LogP contribution in [-0.4, -0.2) is 18.7 Å². The molecule has 3 aromatic rings. The normalized spacial score (nSPS) is 16.3. The Kier molecular flexibility index (Phi) is 6.47. The molecule has 1 heterocycles. The summed E-state index contributed by atoms with van der Waals surface area (Å²) in [6.07, 6.45) is 4.67. The van der Waals surface area contributed by atoms with Gasteiger partial charge in [0.25, 0.3) is 10.0 Å². The molecular formula is C30H25NO4S. The second kappa shape index (κ2) is 9.86. The smallest absolute Gasteiger partial charge is 0.266 e. The lowest BCUT2D eigenvalue weighted by Gasteiger charge is -2.30. The first-order valence-corrected chi connectivity index (χ1v) is 13.2. The maximum absolute atomic E-state index is 13.9. The molecule has 1 aliphatic carbocycles. The van der Waals surface area contributed by atoms with Gasteiger partial charge >= 0.3 is 0 Å². The van der Waals surface area contributed by atoms with Crippen LogP contribution < -0.4 is 0 Å². The van der Waals surface area contributed by atoms with Crippen molar-refractivity contribution in [3.05, 3.63) is 136 Å². The average Bonchev–Trinajstić information content (AvgIpc) is 3.32. The molecule has 0 fully saturated rings. The Labute approximate surface area is 211 Å². The van der Waals surface area contributed by atoms with Crippen LogP contribution in [0.5, 0.6) is 0 Å². The van der Waals surface area contributed by atoms with E-state index in [1.54, 1.807) is 30.3 Å². The Morgan fingerprint density at radius 1 is 0.917 bits per heavy atom. The van der Waals surface area contributed by atoms with E-state index in [0.29, 0.717) is 29.7 Å². The highest BCUT2D eigenvalue weighted by atomic mass is 32.2. The van der Waals surface area contributed by atoms with E-state index >= 15 is 0 Å². The van der Waals surface area contributed by atoms with Crippen molar-refractivity contribution >= 4 is 22.0 Å². The number of nitrogens with zero attached hydrogens (tertiary/aromatic N) is 1. The summed E-state index contributed by atoms with van der Waals surface area (Å²) >= 11 is 0. The van der Waals surface area contributed by atoms with Crippen LogP contribution in [0.15, 0.2) is 124 Å². The summed E-state index contributed by atoms with van der Waals surface area (Å²) in [6, 6.07) is 25.9. The van der Waals surface area contributed by atoms with E-state index in [1.165, 1.54) is 4.31 Å². The molecule has 0 spiro atoms. The lowest BCUT2D eigenvalue weighted by Crippen LogP contribution is -2.32. The van der Waals surface area contributed by atoms with E-state index in [-0.39, 0.29) is 17.3 Å². The second-order valence-corrected chi connectivity index (χ2v) is 10.6.